The number of aryl methyl sites for hydroxylation is 2. The lowest BCUT2D eigenvalue weighted by molar-refractivity contribution is 0.0940. The van der Waals surface area contributed by atoms with Gasteiger partial charge in [0.15, 0.2) is 0 Å². The van der Waals surface area contributed by atoms with Crippen LogP contribution in [0.25, 0.3) is 5.69 Å². The molecule has 1 aromatic carbocycles. The van der Waals surface area contributed by atoms with Crippen LogP contribution in [0.4, 0.5) is 0 Å². The summed E-state index contributed by atoms with van der Waals surface area (Å²) in [6, 6.07) is 13.2. The summed E-state index contributed by atoms with van der Waals surface area (Å²) in [6.45, 7) is 5.92. The van der Waals surface area contributed by atoms with E-state index in [4.69, 9.17) is 0 Å². The van der Waals surface area contributed by atoms with Gasteiger partial charge in [0.1, 0.15) is 0 Å². The number of pyridine rings is 1. The van der Waals surface area contributed by atoms with E-state index in [9.17, 15) is 4.79 Å². The van der Waals surface area contributed by atoms with Crippen molar-refractivity contribution in [3.8, 4) is 5.69 Å². The van der Waals surface area contributed by atoms with Crippen molar-refractivity contribution in [2.45, 2.75) is 26.8 Å². The molecule has 2 heterocycles. The molecule has 0 fully saturated rings. The van der Waals surface area contributed by atoms with E-state index in [-0.39, 0.29) is 11.9 Å². The van der Waals surface area contributed by atoms with Crippen molar-refractivity contribution in [2.24, 2.45) is 0 Å². The Kier molecular flexibility index (Phi) is 4.42. The molecule has 0 radical (unpaired) electrons. The summed E-state index contributed by atoms with van der Waals surface area (Å²) in [5.41, 5.74) is 4.58. The van der Waals surface area contributed by atoms with Gasteiger partial charge < -0.3 is 5.32 Å². The smallest absolute Gasteiger partial charge is 0.251 e. The highest BCUT2D eigenvalue weighted by Gasteiger charge is 2.12. The molecule has 3 rings (SSSR count). The zero-order valence-electron chi connectivity index (χ0n) is 14.0. The van der Waals surface area contributed by atoms with Crippen LogP contribution in [0.1, 0.15) is 40.3 Å². The number of carbonyl (C=O) groups is 1. The highest BCUT2D eigenvalue weighted by molar-refractivity contribution is 5.94. The molecular weight excluding hydrogens is 300 g/mol. The number of nitrogens with zero attached hydrogens (tertiary/aromatic N) is 3. The van der Waals surface area contributed by atoms with Crippen LogP contribution in [0.5, 0.6) is 0 Å². The van der Waals surface area contributed by atoms with Gasteiger partial charge in [0.25, 0.3) is 5.91 Å². The van der Waals surface area contributed by atoms with Gasteiger partial charge in [-0.1, -0.05) is 6.07 Å². The molecule has 5 heteroatoms. The van der Waals surface area contributed by atoms with Crippen LogP contribution in [-0.2, 0) is 0 Å². The first-order valence-corrected chi connectivity index (χ1v) is 7.89. The number of carbonyl (C=O) groups excluding carboxylic acids is 1. The summed E-state index contributed by atoms with van der Waals surface area (Å²) in [5, 5.41) is 7.44. The van der Waals surface area contributed by atoms with E-state index >= 15 is 0 Å². The Morgan fingerprint density at radius 3 is 2.50 bits per heavy atom. The summed E-state index contributed by atoms with van der Waals surface area (Å²) in [6.07, 6.45) is 3.48. The maximum Gasteiger partial charge on any atom is 0.251 e. The second kappa shape index (κ2) is 6.66. The number of hydrogen-bond acceptors (Lipinski definition) is 3. The standard InChI is InChI=1S/C19H20N4O/c1-13-11-14(2)23(22-13)18-8-6-16(7-9-18)19(24)21-15(3)17-5-4-10-20-12-17/h4-12,15H,1-3H3,(H,21,24). The van der Waals surface area contributed by atoms with E-state index in [1.165, 1.54) is 0 Å². The van der Waals surface area contributed by atoms with Crippen molar-refractivity contribution >= 4 is 5.91 Å². The number of nitrogens with one attached hydrogen (secondary N) is 1. The molecule has 1 N–H and O–H groups in total. The van der Waals surface area contributed by atoms with Crippen LogP contribution in [0.2, 0.25) is 0 Å². The quantitative estimate of drug-likeness (QED) is 0.802. The van der Waals surface area contributed by atoms with Crippen LogP contribution in [-0.4, -0.2) is 20.7 Å². The molecule has 0 aliphatic heterocycles. The predicted octanol–water partition coefficient (Wildman–Crippen LogP) is 3.38. The van der Waals surface area contributed by atoms with Crippen molar-refractivity contribution in [3.63, 3.8) is 0 Å². The number of aromatic nitrogens is 3. The maximum absolute atomic E-state index is 12.4. The fourth-order valence-electron chi connectivity index (χ4n) is 2.64. The van der Waals surface area contributed by atoms with E-state index < -0.39 is 0 Å². The third-order valence-corrected chi connectivity index (χ3v) is 3.92. The largest absolute Gasteiger partial charge is 0.345 e. The SMILES string of the molecule is Cc1cc(C)n(-c2ccc(C(=O)NC(C)c3cccnc3)cc2)n1. The van der Waals surface area contributed by atoms with E-state index in [0.717, 1.165) is 22.6 Å². The van der Waals surface area contributed by atoms with Crippen LogP contribution in [0, 0.1) is 13.8 Å². The Labute approximate surface area is 141 Å². The lowest BCUT2D eigenvalue weighted by atomic mass is 10.1. The molecule has 0 spiro atoms. The number of hydrogen-bond donors (Lipinski definition) is 1. The van der Waals surface area contributed by atoms with Gasteiger partial charge in [0.05, 0.1) is 17.4 Å². The Balaban J connectivity index is 1.73. The van der Waals surface area contributed by atoms with Crippen LogP contribution >= 0.6 is 0 Å². The van der Waals surface area contributed by atoms with Crippen LogP contribution in [0.15, 0.2) is 54.9 Å². The van der Waals surface area contributed by atoms with Gasteiger partial charge >= 0.3 is 0 Å². The molecule has 1 unspecified atom stereocenters. The average Bonchev–Trinajstić information content (AvgIpc) is 2.94. The highest BCUT2D eigenvalue weighted by Crippen LogP contribution is 2.15. The van der Waals surface area contributed by atoms with Gasteiger partial charge in [-0.3, -0.25) is 9.78 Å². The predicted molar refractivity (Wildman–Crippen MR) is 93.2 cm³/mol. The van der Waals surface area contributed by atoms with Gasteiger partial charge in [-0.05, 0) is 62.7 Å². The minimum absolute atomic E-state index is 0.0955. The van der Waals surface area contributed by atoms with E-state index in [0.29, 0.717) is 5.56 Å². The molecule has 0 bridgehead atoms. The topological polar surface area (TPSA) is 59.8 Å². The monoisotopic (exact) mass is 320 g/mol. The number of rotatable bonds is 4. The minimum atomic E-state index is -0.105. The summed E-state index contributed by atoms with van der Waals surface area (Å²) in [7, 11) is 0. The second-order valence-electron chi connectivity index (χ2n) is 5.87. The van der Waals surface area contributed by atoms with Crippen LogP contribution in [0.3, 0.4) is 0 Å². The first kappa shape index (κ1) is 15.9. The van der Waals surface area contributed by atoms with Crippen molar-refractivity contribution in [2.75, 3.05) is 0 Å². The van der Waals surface area contributed by atoms with Gasteiger partial charge in [-0.2, -0.15) is 5.10 Å². The molecule has 0 saturated carbocycles. The highest BCUT2D eigenvalue weighted by atomic mass is 16.1. The third kappa shape index (κ3) is 3.35. The van der Waals surface area contributed by atoms with Crippen molar-refractivity contribution in [1.82, 2.24) is 20.1 Å². The molecule has 1 atom stereocenters. The fraction of sp³-hybridized carbons (Fsp3) is 0.211. The van der Waals surface area contributed by atoms with Crippen molar-refractivity contribution in [3.05, 3.63) is 77.4 Å². The molecule has 1 amide bonds. The summed E-state index contributed by atoms with van der Waals surface area (Å²) in [4.78, 5) is 16.5. The third-order valence-electron chi connectivity index (χ3n) is 3.92. The normalized spacial score (nSPS) is 12.0. The lowest BCUT2D eigenvalue weighted by Crippen LogP contribution is -2.26. The molecular formula is C19H20N4O. The minimum Gasteiger partial charge on any atom is -0.345 e. The Bertz CT molecular complexity index is 838. The van der Waals surface area contributed by atoms with Crippen LogP contribution < -0.4 is 5.32 Å². The summed E-state index contributed by atoms with van der Waals surface area (Å²) >= 11 is 0. The molecule has 0 aliphatic carbocycles. The van der Waals surface area contributed by atoms with Gasteiger partial charge in [0.2, 0.25) is 0 Å². The first-order valence-electron chi connectivity index (χ1n) is 7.89. The summed E-state index contributed by atoms with van der Waals surface area (Å²) in [5.74, 6) is -0.105. The fourth-order valence-corrected chi connectivity index (χ4v) is 2.64. The zero-order valence-corrected chi connectivity index (χ0v) is 14.0. The Morgan fingerprint density at radius 2 is 1.92 bits per heavy atom. The molecule has 5 nitrogen and oxygen atoms in total. The first-order chi connectivity index (χ1) is 11.5. The van der Waals surface area contributed by atoms with Gasteiger partial charge in [-0.25, -0.2) is 4.68 Å². The summed E-state index contributed by atoms with van der Waals surface area (Å²) < 4.78 is 1.87. The van der Waals surface area contributed by atoms with Gasteiger partial charge in [0, 0.05) is 23.7 Å². The average molecular weight is 320 g/mol. The lowest BCUT2D eigenvalue weighted by Gasteiger charge is -2.14. The molecule has 0 saturated heterocycles. The molecule has 3 aromatic rings. The molecule has 2 aromatic heterocycles. The zero-order chi connectivity index (χ0) is 17.1. The van der Waals surface area contributed by atoms with E-state index in [1.54, 1.807) is 12.4 Å². The Morgan fingerprint density at radius 1 is 1.17 bits per heavy atom. The van der Waals surface area contributed by atoms with Crippen molar-refractivity contribution < 1.29 is 4.79 Å². The van der Waals surface area contributed by atoms with Crippen molar-refractivity contribution in [1.29, 1.82) is 0 Å². The molecule has 122 valence electrons. The Hall–Kier alpha value is -2.95. The van der Waals surface area contributed by atoms with E-state index in [1.807, 2.05) is 67.9 Å². The molecule has 0 aliphatic rings. The maximum atomic E-state index is 12.4. The number of amides is 1. The second-order valence-corrected chi connectivity index (χ2v) is 5.87. The number of benzene rings is 1. The van der Waals surface area contributed by atoms with Gasteiger partial charge in [-0.15, -0.1) is 0 Å². The van der Waals surface area contributed by atoms with E-state index in [2.05, 4.69) is 15.4 Å². The molecule has 24 heavy (non-hydrogen) atoms.